The lowest BCUT2D eigenvalue weighted by Gasteiger charge is -2.14. The van der Waals surface area contributed by atoms with E-state index in [4.69, 9.17) is 0 Å². The molecule has 0 saturated heterocycles. The highest BCUT2D eigenvalue weighted by atomic mass is 127. The van der Waals surface area contributed by atoms with E-state index in [0.717, 1.165) is 6.07 Å². The van der Waals surface area contributed by atoms with Crippen molar-refractivity contribution in [2.45, 2.75) is 18.1 Å². The fourth-order valence-corrected chi connectivity index (χ4v) is 3.05. The molecule has 1 aromatic heterocycles. The van der Waals surface area contributed by atoms with E-state index in [1.165, 1.54) is 7.11 Å². The number of aromatic nitrogens is 1. The van der Waals surface area contributed by atoms with Crippen molar-refractivity contribution in [2.75, 3.05) is 7.11 Å². The Labute approximate surface area is 128 Å². The van der Waals surface area contributed by atoms with Gasteiger partial charge in [0.1, 0.15) is 9.45 Å². The Morgan fingerprint density at radius 2 is 2.16 bits per heavy atom. The van der Waals surface area contributed by atoms with Gasteiger partial charge in [-0.2, -0.15) is 0 Å². The minimum absolute atomic E-state index is 0.153. The molecule has 1 aromatic rings. The minimum atomic E-state index is -4.80. The van der Waals surface area contributed by atoms with Crippen LogP contribution < -0.4 is 4.74 Å². The van der Waals surface area contributed by atoms with Gasteiger partial charge in [-0.3, -0.25) is 4.79 Å². The molecular weight excluding hydrogens is 446 g/mol. The molecule has 0 bridgehead atoms. The molecular formula is C10H8BrF3INO3. The first-order valence-electron chi connectivity index (χ1n) is 4.83. The van der Waals surface area contributed by atoms with E-state index in [9.17, 15) is 18.0 Å². The zero-order valence-corrected chi connectivity index (χ0v) is 13.3. The number of hydrogen-bond donors (Lipinski definition) is 0. The van der Waals surface area contributed by atoms with E-state index in [0.29, 0.717) is 3.70 Å². The molecule has 0 aliphatic heterocycles. The quantitative estimate of drug-likeness (QED) is 0.304. The lowest BCUT2D eigenvalue weighted by Crippen LogP contribution is -2.19. The Morgan fingerprint density at radius 3 is 2.63 bits per heavy atom. The van der Waals surface area contributed by atoms with Gasteiger partial charge in [0.05, 0.1) is 19.2 Å². The summed E-state index contributed by atoms with van der Waals surface area (Å²) in [5, 5.41) is 0.155. The van der Waals surface area contributed by atoms with Crippen LogP contribution in [0.5, 0.6) is 5.75 Å². The van der Waals surface area contributed by atoms with Crippen LogP contribution in [0.15, 0.2) is 6.07 Å². The summed E-state index contributed by atoms with van der Waals surface area (Å²) >= 11 is 4.85. The van der Waals surface area contributed by atoms with Gasteiger partial charge in [-0.25, -0.2) is 4.98 Å². The number of halogens is 5. The summed E-state index contributed by atoms with van der Waals surface area (Å²) in [4.78, 5) is 15.1. The fourth-order valence-electron chi connectivity index (χ4n) is 1.21. The topological polar surface area (TPSA) is 48.4 Å². The van der Waals surface area contributed by atoms with E-state index < -0.39 is 12.3 Å². The molecule has 0 spiro atoms. The van der Waals surface area contributed by atoms with Crippen molar-refractivity contribution in [1.29, 1.82) is 0 Å². The smallest absolute Gasteiger partial charge is 0.469 e. The van der Waals surface area contributed by atoms with Crippen LogP contribution in [0.3, 0.4) is 0 Å². The molecule has 1 rings (SSSR count). The summed E-state index contributed by atoms with van der Waals surface area (Å²) < 4.78 is 45.6. The molecule has 0 aliphatic rings. The molecule has 0 fully saturated rings. The predicted molar refractivity (Wildman–Crippen MR) is 72.0 cm³/mol. The highest BCUT2D eigenvalue weighted by Gasteiger charge is 2.33. The first kappa shape index (κ1) is 16.5. The summed E-state index contributed by atoms with van der Waals surface area (Å²) in [7, 11) is 1.19. The molecule has 4 nitrogen and oxygen atoms in total. The predicted octanol–water partition coefficient (Wildman–Crippen LogP) is 3.20. The third kappa shape index (κ3) is 5.13. The summed E-state index contributed by atoms with van der Waals surface area (Å²) in [6.07, 6.45) is -5.02. The third-order valence-electron chi connectivity index (χ3n) is 2.00. The maximum absolute atomic E-state index is 12.3. The summed E-state index contributed by atoms with van der Waals surface area (Å²) in [6.45, 7) is 0. The van der Waals surface area contributed by atoms with Crippen LogP contribution in [0.1, 0.15) is 11.3 Å². The Kier molecular flexibility index (Phi) is 5.83. The van der Waals surface area contributed by atoms with Crippen molar-refractivity contribution in [3.8, 4) is 5.75 Å². The molecule has 0 aliphatic carbocycles. The number of hydrogen-bond acceptors (Lipinski definition) is 4. The molecule has 0 saturated carbocycles. The van der Waals surface area contributed by atoms with Gasteiger partial charge in [-0.05, 0) is 22.6 Å². The molecule has 1 heterocycles. The van der Waals surface area contributed by atoms with Crippen LogP contribution in [0.2, 0.25) is 0 Å². The Bertz CT molecular complexity index is 482. The normalized spacial score (nSPS) is 11.3. The monoisotopic (exact) mass is 453 g/mol. The summed E-state index contributed by atoms with van der Waals surface area (Å²) in [6, 6.07) is 1.09. The standard InChI is InChI=1S/C10H8BrF3INO3/c1-18-8(17)3-5-2-7(19-10(12,13)14)6(4-11)9(15)16-5/h2H,3-4H2,1H3. The maximum atomic E-state index is 12.3. The maximum Gasteiger partial charge on any atom is 0.573 e. The number of carbonyl (C=O) groups is 1. The number of esters is 1. The summed E-state index contributed by atoms with van der Waals surface area (Å²) in [5.41, 5.74) is 0.423. The largest absolute Gasteiger partial charge is 0.573 e. The van der Waals surface area contributed by atoms with Crippen molar-refractivity contribution < 1.29 is 27.4 Å². The van der Waals surface area contributed by atoms with Gasteiger partial charge in [-0.1, -0.05) is 15.9 Å². The Balaban J connectivity index is 3.14. The number of ether oxygens (including phenoxy) is 2. The molecule has 0 amide bonds. The Hall–Kier alpha value is -0.580. The average molecular weight is 454 g/mol. The van der Waals surface area contributed by atoms with Gasteiger partial charge in [-0.15, -0.1) is 13.2 Å². The van der Waals surface area contributed by atoms with Crippen molar-refractivity contribution in [3.63, 3.8) is 0 Å². The molecule has 9 heteroatoms. The van der Waals surface area contributed by atoms with Crippen LogP contribution in [0.4, 0.5) is 13.2 Å². The molecule has 0 N–H and O–H groups in total. The first-order valence-corrected chi connectivity index (χ1v) is 7.03. The lowest BCUT2D eigenvalue weighted by molar-refractivity contribution is -0.274. The van der Waals surface area contributed by atoms with Gasteiger partial charge in [0.2, 0.25) is 0 Å². The molecule has 0 unspecified atom stereocenters. The van der Waals surface area contributed by atoms with Crippen LogP contribution in [-0.4, -0.2) is 24.4 Å². The number of carbonyl (C=O) groups excluding carboxylic acids is 1. The molecule has 0 radical (unpaired) electrons. The van der Waals surface area contributed by atoms with E-state index in [1.807, 2.05) is 0 Å². The van der Waals surface area contributed by atoms with Gasteiger partial charge >= 0.3 is 12.3 Å². The van der Waals surface area contributed by atoms with Crippen LogP contribution in [-0.2, 0) is 21.3 Å². The number of pyridine rings is 1. The van der Waals surface area contributed by atoms with E-state index in [2.05, 4.69) is 30.4 Å². The highest BCUT2D eigenvalue weighted by Crippen LogP contribution is 2.31. The number of rotatable bonds is 4. The zero-order valence-electron chi connectivity index (χ0n) is 9.55. The summed E-state index contributed by atoms with van der Waals surface area (Å²) in [5.74, 6) is -0.962. The zero-order chi connectivity index (χ0) is 14.6. The number of methoxy groups -OCH3 is 1. The molecule has 106 valence electrons. The minimum Gasteiger partial charge on any atom is -0.469 e. The van der Waals surface area contributed by atoms with Gasteiger partial charge in [0.25, 0.3) is 0 Å². The lowest BCUT2D eigenvalue weighted by atomic mass is 10.2. The highest BCUT2D eigenvalue weighted by molar-refractivity contribution is 14.1. The molecule has 19 heavy (non-hydrogen) atoms. The van der Waals surface area contributed by atoms with Crippen LogP contribution >= 0.6 is 38.5 Å². The van der Waals surface area contributed by atoms with Crippen LogP contribution in [0, 0.1) is 3.70 Å². The van der Waals surface area contributed by atoms with Gasteiger partial charge in [0.15, 0.2) is 0 Å². The number of nitrogens with zero attached hydrogens (tertiary/aromatic N) is 1. The second kappa shape index (κ2) is 6.73. The van der Waals surface area contributed by atoms with Crippen molar-refractivity contribution >= 4 is 44.5 Å². The van der Waals surface area contributed by atoms with Gasteiger partial charge < -0.3 is 9.47 Å². The van der Waals surface area contributed by atoms with Crippen LogP contribution in [0.25, 0.3) is 0 Å². The SMILES string of the molecule is COC(=O)Cc1cc(OC(F)(F)F)c(CBr)c(I)n1. The Morgan fingerprint density at radius 1 is 1.53 bits per heavy atom. The number of alkyl halides is 4. The third-order valence-corrected chi connectivity index (χ3v) is 3.45. The fraction of sp³-hybridized carbons (Fsp3) is 0.400. The molecule has 0 aromatic carbocycles. The van der Waals surface area contributed by atoms with Gasteiger partial charge in [0, 0.05) is 17.0 Å². The average Bonchev–Trinajstić information content (AvgIpc) is 2.26. The second-order valence-electron chi connectivity index (χ2n) is 3.32. The van der Waals surface area contributed by atoms with E-state index in [1.54, 1.807) is 22.6 Å². The molecule has 0 atom stereocenters. The van der Waals surface area contributed by atoms with E-state index in [-0.39, 0.29) is 28.8 Å². The van der Waals surface area contributed by atoms with Crippen molar-refractivity contribution in [2.24, 2.45) is 0 Å². The van der Waals surface area contributed by atoms with Crippen molar-refractivity contribution in [3.05, 3.63) is 21.0 Å². The first-order chi connectivity index (χ1) is 8.76. The van der Waals surface area contributed by atoms with Crippen molar-refractivity contribution in [1.82, 2.24) is 4.98 Å². The van der Waals surface area contributed by atoms with E-state index >= 15 is 0 Å². The second-order valence-corrected chi connectivity index (χ2v) is 4.90.